The Morgan fingerprint density at radius 1 is 0.903 bits per heavy atom. The lowest BCUT2D eigenvalue weighted by Crippen LogP contribution is -2.48. The molecule has 0 atom stereocenters. The van der Waals surface area contributed by atoms with E-state index < -0.39 is 17.6 Å². The molecule has 0 aromatic heterocycles. The molecule has 2 aromatic rings. The molecule has 4 rings (SSSR count). The van der Waals surface area contributed by atoms with Crippen molar-refractivity contribution in [3.05, 3.63) is 70.3 Å². The van der Waals surface area contributed by atoms with Crippen LogP contribution >= 0.6 is 0 Å². The first kappa shape index (κ1) is 21.0. The maximum atomic E-state index is 12.9. The smallest absolute Gasteiger partial charge is 0.336 e. The van der Waals surface area contributed by atoms with Crippen LogP contribution in [0.1, 0.15) is 42.2 Å². The van der Waals surface area contributed by atoms with Crippen molar-refractivity contribution in [3.8, 4) is 0 Å². The van der Waals surface area contributed by atoms with Gasteiger partial charge in [-0.15, -0.1) is 0 Å². The Balaban J connectivity index is 1.37. The minimum atomic E-state index is -4.35. The molecule has 2 heterocycles. The van der Waals surface area contributed by atoms with E-state index >= 15 is 0 Å². The lowest BCUT2D eigenvalue weighted by molar-refractivity contribution is -0.137. The number of imide groups is 1. The van der Waals surface area contributed by atoms with Crippen LogP contribution in [-0.4, -0.2) is 65.6 Å². The molecule has 2 aliphatic heterocycles. The number of amides is 3. The number of piperazine rings is 1. The number of fused-ring (bicyclic) bond motifs is 1. The average Bonchev–Trinajstić information content (AvgIpc) is 2.97. The topological polar surface area (TPSA) is 60.9 Å². The van der Waals surface area contributed by atoms with E-state index in [1.165, 1.54) is 31.3 Å². The third kappa shape index (κ3) is 4.05. The second-order valence-electron chi connectivity index (χ2n) is 7.69. The van der Waals surface area contributed by atoms with Gasteiger partial charge < -0.3 is 4.90 Å². The lowest BCUT2D eigenvalue weighted by Gasteiger charge is -2.34. The first-order chi connectivity index (χ1) is 14.6. The average molecular weight is 431 g/mol. The zero-order valence-corrected chi connectivity index (χ0v) is 16.8. The van der Waals surface area contributed by atoms with Crippen LogP contribution in [0, 0.1) is 0 Å². The Morgan fingerprint density at radius 2 is 1.52 bits per heavy atom. The number of halogens is 3. The van der Waals surface area contributed by atoms with Gasteiger partial charge in [0.05, 0.1) is 16.7 Å². The third-order valence-electron chi connectivity index (χ3n) is 5.68. The summed E-state index contributed by atoms with van der Waals surface area (Å²) in [7, 11) is 1.40. The van der Waals surface area contributed by atoms with E-state index in [-0.39, 0.29) is 17.4 Å². The molecule has 1 fully saturated rings. The molecule has 162 valence electrons. The molecule has 9 heteroatoms. The van der Waals surface area contributed by atoms with Crippen LogP contribution in [0.25, 0.3) is 0 Å². The van der Waals surface area contributed by atoms with Gasteiger partial charge in [0.1, 0.15) is 0 Å². The largest absolute Gasteiger partial charge is 0.416 e. The van der Waals surface area contributed by atoms with Crippen LogP contribution in [0.5, 0.6) is 0 Å². The summed E-state index contributed by atoms with van der Waals surface area (Å²) >= 11 is 0. The fourth-order valence-electron chi connectivity index (χ4n) is 3.84. The quantitative estimate of drug-likeness (QED) is 0.702. The van der Waals surface area contributed by atoms with Crippen LogP contribution in [0.2, 0.25) is 0 Å². The molecule has 0 aliphatic carbocycles. The van der Waals surface area contributed by atoms with Crippen molar-refractivity contribution in [2.24, 2.45) is 0 Å². The molecule has 2 aliphatic rings. The third-order valence-corrected chi connectivity index (χ3v) is 5.68. The van der Waals surface area contributed by atoms with E-state index in [4.69, 9.17) is 0 Å². The summed E-state index contributed by atoms with van der Waals surface area (Å²) in [5.41, 5.74) is 0.988. The number of alkyl halides is 3. The van der Waals surface area contributed by atoms with Crippen LogP contribution in [0.15, 0.2) is 42.5 Å². The highest BCUT2D eigenvalue weighted by Gasteiger charge is 2.34. The maximum Gasteiger partial charge on any atom is 0.416 e. The van der Waals surface area contributed by atoms with Crippen molar-refractivity contribution in [1.82, 2.24) is 14.7 Å². The Hall–Kier alpha value is -3.20. The van der Waals surface area contributed by atoms with E-state index in [0.29, 0.717) is 43.9 Å². The van der Waals surface area contributed by atoms with Crippen LogP contribution in [0.4, 0.5) is 13.2 Å². The Labute approximate surface area is 176 Å². The van der Waals surface area contributed by atoms with Crippen molar-refractivity contribution >= 4 is 17.7 Å². The highest BCUT2D eigenvalue weighted by molar-refractivity contribution is 6.21. The maximum absolute atomic E-state index is 12.9. The van der Waals surface area contributed by atoms with Gasteiger partial charge in [-0.2, -0.15) is 13.2 Å². The van der Waals surface area contributed by atoms with Crippen molar-refractivity contribution in [1.29, 1.82) is 0 Å². The van der Waals surface area contributed by atoms with E-state index in [1.54, 1.807) is 11.0 Å². The number of carbonyl (C=O) groups is 3. The van der Waals surface area contributed by atoms with Gasteiger partial charge in [-0.05, 0) is 35.9 Å². The number of carbonyl (C=O) groups excluding carboxylic acids is 3. The predicted octanol–water partition coefficient (Wildman–Crippen LogP) is 2.89. The zero-order valence-electron chi connectivity index (χ0n) is 16.8. The SMILES string of the molecule is CN1C(=O)c2ccc(C(=O)N3CCN(Cc4ccc(C(F)(F)F)cc4)CC3)cc2C1=O. The molecule has 0 saturated carbocycles. The van der Waals surface area contributed by atoms with Gasteiger partial charge in [0.2, 0.25) is 0 Å². The van der Waals surface area contributed by atoms with Gasteiger partial charge in [-0.1, -0.05) is 12.1 Å². The molecule has 0 bridgehead atoms. The Kier molecular flexibility index (Phi) is 5.30. The number of hydrogen-bond acceptors (Lipinski definition) is 4. The molecule has 31 heavy (non-hydrogen) atoms. The lowest BCUT2D eigenvalue weighted by atomic mass is 10.0. The second kappa shape index (κ2) is 7.81. The van der Waals surface area contributed by atoms with Crippen LogP contribution in [0.3, 0.4) is 0 Å². The second-order valence-corrected chi connectivity index (χ2v) is 7.69. The summed E-state index contributed by atoms with van der Waals surface area (Å²) in [6.07, 6.45) is -4.35. The Bertz CT molecular complexity index is 1040. The number of benzene rings is 2. The first-order valence-electron chi connectivity index (χ1n) is 9.79. The monoisotopic (exact) mass is 431 g/mol. The van der Waals surface area contributed by atoms with Crippen molar-refractivity contribution < 1.29 is 27.6 Å². The molecular formula is C22H20F3N3O3. The molecule has 0 radical (unpaired) electrons. The van der Waals surface area contributed by atoms with Crippen LogP contribution in [-0.2, 0) is 12.7 Å². The van der Waals surface area contributed by atoms with Crippen molar-refractivity contribution in [3.63, 3.8) is 0 Å². The minimum absolute atomic E-state index is 0.216. The van der Waals surface area contributed by atoms with E-state index in [9.17, 15) is 27.6 Å². The van der Waals surface area contributed by atoms with E-state index in [1.807, 2.05) is 0 Å². The summed E-state index contributed by atoms with van der Waals surface area (Å²) in [4.78, 5) is 41.8. The minimum Gasteiger partial charge on any atom is -0.336 e. The van der Waals surface area contributed by atoms with Gasteiger partial charge in [0.15, 0.2) is 0 Å². The summed E-state index contributed by atoms with van der Waals surface area (Å²) in [6, 6.07) is 9.63. The molecule has 6 nitrogen and oxygen atoms in total. The normalized spacial score (nSPS) is 17.3. The standard InChI is InChI=1S/C22H20F3N3O3/c1-26-20(30)17-7-4-15(12-18(17)21(26)31)19(29)28-10-8-27(9-11-28)13-14-2-5-16(6-3-14)22(23,24)25/h2-7,12H,8-11,13H2,1H3. The van der Waals surface area contributed by atoms with Crippen molar-refractivity contribution in [2.45, 2.75) is 12.7 Å². The van der Waals surface area contributed by atoms with Gasteiger partial charge in [0.25, 0.3) is 17.7 Å². The summed E-state index contributed by atoms with van der Waals surface area (Å²) in [5, 5.41) is 0. The fraction of sp³-hybridized carbons (Fsp3) is 0.318. The molecule has 0 N–H and O–H groups in total. The van der Waals surface area contributed by atoms with Gasteiger partial charge in [-0.3, -0.25) is 24.2 Å². The molecule has 2 aromatic carbocycles. The molecule has 1 saturated heterocycles. The highest BCUT2D eigenvalue weighted by atomic mass is 19.4. The van der Waals surface area contributed by atoms with Crippen LogP contribution < -0.4 is 0 Å². The summed E-state index contributed by atoms with van der Waals surface area (Å²) in [5.74, 6) is -1.02. The zero-order chi connectivity index (χ0) is 22.3. The van der Waals surface area contributed by atoms with Gasteiger partial charge in [0, 0.05) is 45.3 Å². The molecule has 0 unspecified atom stereocenters. The molecule has 3 amide bonds. The fourth-order valence-corrected chi connectivity index (χ4v) is 3.84. The van der Waals surface area contributed by atoms with E-state index in [2.05, 4.69) is 4.90 Å². The first-order valence-corrected chi connectivity index (χ1v) is 9.79. The summed E-state index contributed by atoms with van der Waals surface area (Å²) < 4.78 is 38.1. The summed E-state index contributed by atoms with van der Waals surface area (Å²) in [6.45, 7) is 2.59. The number of nitrogens with zero attached hydrogens (tertiary/aromatic N) is 3. The van der Waals surface area contributed by atoms with Crippen molar-refractivity contribution in [2.75, 3.05) is 33.2 Å². The number of rotatable bonds is 3. The highest BCUT2D eigenvalue weighted by Crippen LogP contribution is 2.29. The predicted molar refractivity (Wildman–Crippen MR) is 105 cm³/mol. The van der Waals surface area contributed by atoms with Gasteiger partial charge in [-0.25, -0.2) is 0 Å². The van der Waals surface area contributed by atoms with E-state index in [0.717, 1.165) is 22.6 Å². The molecular weight excluding hydrogens is 411 g/mol. The number of hydrogen-bond donors (Lipinski definition) is 0. The Morgan fingerprint density at radius 3 is 2.13 bits per heavy atom. The van der Waals surface area contributed by atoms with Gasteiger partial charge >= 0.3 is 6.18 Å². The molecule has 0 spiro atoms.